The monoisotopic (exact) mass is 544 g/mol. The molecule has 41 heavy (non-hydrogen) atoms. The lowest BCUT2D eigenvalue weighted by atomic mass is 9.86. The number of methoxy groups -OCH3 is 5. The minimum atomic E-state index is 0.119. The number of benzene rings is 7. The minimum absolute atomic E-state index is 0.119. The molecule has 0 saturated heterocycles. The summed E-state index contributed by atoms with van der Waals surface area (Å²) in [5.41, 5.74) is 0. The molecule has 0 saturated carbocycles. The van der Waals surface area contributed by atoms with Crippen LogP contribution < -0.4 is 23.7 Å². The van der Waals surface area contributed by atoms with Gasteiger partial charge in [0.1, 0.15) is 34.5 Å². The summed E-state index contributed by atoms with van der Waals surface area (Å²) >= 11 is 0. The molecule has 7 rings (SSSR count). The molecule has 6 nitrogen and oxygen atoms in total. The van der Waals surface area contributed by atoms with Gasteiger partial charge in [-0.25, -0.2) is 0 Å². The van der Waals surface area contributed by atoms with E-state index in [9.17, 15) is 5.11 Å². The standard InChI is InChI=1S/C35H28O6/c1-37-31-19-13-7-6-12-18(19)30(36)24-25(31)27-29(35(41-5)23-17-11-10-16-22(23)34(27)40-4)28-26(24)32(38-2)20-14-8-9-15-21(20)33(28)39-3/h6-17,36H,1-5H3. The molecule has 1 N–H and O–H groups in total. The molecule has 0 spiro atoms. The Kier molecular flexibility index (Phi) is 5.61. The highest BCUT2D eigenvalue weighted by molar-refractivity contribution is 6.40. The molecule has 0 fully saturated rings. The van der Waals surface area contributed by atoms with Crippen LogP contribution in [0.3, 0.4) is 0 Å². The number of phenols is 1. The number of rotatable bonds is 5. The van der Waals surface area contributed by atoms with Crippen LogP contribution in [0.5, 0.6) is 34.5 Å². The summed E-state index contributed by atoms with van der Waals surface area (Å²) in [6, 6.07) is 23.6. The summed E-state index contributed by atoms with van der Waals surface area (Å²) in [5.74, 6) is 3.30. The van der Waals surface area contributed by atoms with Gasteiger partial charge < -0.3 is 28.8 Å². The van der Waals surface area contributed by atoms with Crippen LogP contribution in [0.1, 0.15) is 0 Å². The van der Waals surface area contributed by atoms with Crippen molar-refractivity contribution in [1.29, 1.82) is 0 Å². The van der Waals surface area contributed by atoms with Gasteiger partial charge in [0.25, 0.3) is 0 Å². The fraction of sp³-hybridized carbons (Fsp3) is 0.143. The van der Waals surface area contributed by atoms with Gasteiger partial charge in [-0.2, -0.15) is 0 Å². The van der Waals surface area contributed by atoms with Crippen molar-refractivity contribution >= 4 is 64.6 Å². The lowest BCUT2D eigenvalue weighted by Crippen LogP contribution is -2.00. The predicted octanol–water partition coefficient (Wildman–Crippen LogP) is 8.35. The highest BCUT2D eigenvalue weighted by atomic mass is 16.5. The number of phenolic OH excluding ortho intramolecular Hbond substituents is 1. The Balaban J connectivity index is 2.03. The summed E-state index contributed by atoms with van der Waals surface area (Å²) in [7, 11) is 8.29. The molecule has 6 heteroatoms. The van der Waals surface area contributed by atoms with Gasteiger partial charge in [0, 0.05) is 64.6 Å². The van der Waals surface area contributed by atoms with E-state index in [4.69, 9.17) is 23.7 Å². The van der Waals surface area contributed by atoms with Gasteiger partial charge in [-0.15, -0.1) is 0 Å². The molecule has 0 aliphatic carbocycles. The molecule has 0 bridgehead atoms. The number of hydrogen-bond donors (Lipinski definition) is 1. The molecule has 0 radical (unpaired) electrons. The van der Waals surface area contributed by atoms with Crippen LogP contribution in [-0.2, 0) is 0 Å². The molecule has 0 aliphatic rings. The molecule has 0 amide bonds. The average molecular weight is 545 g/mol. The van der Waals surface area contributed by atoms with Crippen molar-refractivity contribution in [2.24, 2.45) is 0 Å². The van der Waals surface area contributed by atoms with E-state index in [1.54, 1.807) is 35.5 Å². The summed E-state index contributed by atoms with van der Waals surface area (Å²) < 4.78 is 31.0. The third-order valence-electron chi connectivity index (χ3n) is 8.15. The van der Waals surface area contributed by atoms with Gasteiger partial charge in [0.15, 0.2) is 0 Å². The molecule has 0 aromatic heterocycles. The molecule has 7 aromatic rings. The van der Waals surface area contributed by atoms with Crippen molar-refractivity contribution in [3.8, 4) is 34.5 Å². The second kappa shape index (κ2) is 9.24. The zero-order valence-corrected chi connectivity index (χ0v) is 23.4. The zero-order chi connectivity index (χ0) is 28.4. The maximum Gasteiger partial charge on any atom is 0.135 e. The molecular weight excluding hydrogens is 516 g/mol. The van der Waals surface area contributed by atoms with Gasteiger partial charge in [0.2, 0.25) is 0 Å². The first-order chi connectivity index (χ1) is 20.1. The van der Waals surface area contributed by atoms with E-state index in [0.29, 0.717) is 50.3 Å². The zero-order valence-electron chi connectivity index (χ0n) is 23.4. The highest BCUT2D eigenvalue weighted by Crippen LogP contribution is 2.59. The Morgan fingerprint density at radius 1 is 0.341 bits per heavy atom. The topological polar surface area (TPSA) is 66.4 Å². The van der Waals surface area contributed by atoms with E-state index in [0.717, 1.165) is 43.1 Å². The third kappa shape index (κ3) is 3.13. The lowest BCUT2D eigenvalue weighted by molar-refractivity contribution is 0.414. The number of aromatic hydroxyl groups is 1. The van der Waals surface area contributed by atoms with Crippen LogP contribution in [0, 0.1) is 0 Å². The summed E-state index contributed by atoms with van der Waals surface area (Å²) in [6.45, 7) is 0. The third-order valence-corrected chi connectivity index (χ3v) is 8.15. The normalized spacial score (nSPS) is 11.6. The predicted molar refractivity (Wildman–Crippen MR) is 166 cm³/mol. The van der Waals surface area contributed by atoms with Gasteiger partial charge in [0.05, 0.1) is 35.5 Å². The maximum absolute atomic E-state index is 12.1. The summed E-state index contributed by atoms with van der Waals surface area (Å²) in [4.78, 5) is 0. The van der Waals surface area contributed by atoms with Gasteiger partial charge in [-0.3, -0.25) is 0 Å². The van der Waals surface area contributed by atoms with Gasteiger partial charge in [-0.05, 0) is 0 Å². The molecule has 0 heterocycles. The Bertz CT molecular complexity index is 2130. The molecular formula is C35H28O6. The van der Waals surface area contributed by atoms with Crippen LogP contribution >= 0.6 is 0 Å². The molecule has 0 unspecified atom stereocenters. The quantitative estimate of drug-likeness (QED) is 0.174. The van der Waals surface area contributed by atoms with Crippen LogP contribution in [-0.4, -0.2) is 40.7 Å². The van der Waals surface area contributed by atoms with E-state index in [1.165, 1.54) is 0 Å². The first-order valence-electron chi connectivity index (χ1n) is 13.3. The SMILES string of the molecule is COc1c2ccccc2c(OC)c2c1c1c(O)c3ccccc3c(OC)c1c1c(OC)c3ccccc3c(OC)c21. The molecule has 0 aliphatic heterocycles. The molecule has 204 valence electrons. The highest BCUT2D eigenvalue weighted by Gasteiger charge is 2.30. The Hall–Kier alpha value is -5.10. The average Bonchev–Trinajstić information content (AvgIpc) is 3.02. The van der Waals surface area contributed by atoms with Crippen LogP contribution in [0.15, 0.2) is 72.8 Å². The number of hydrogen-bond acceptors (Lipinski definition) is 6. The number of ether oxygens (including phenoxy) is 5. The van der Waals surface area contributed by atoms with E-state index >= 15 is 0 Å². The van der Waals surface area contributed by atoms with Crippen LogP contribution in [0.25, 0.3) is 64.6 Å². The fourth-order valence-corrected chi connectivity index (χ4v) is 6.64. The van der Waals surface area contributed by atoms with E-state index in [2.05, 4.69) is 0 Å². The van der Waals surface area contributed by atoms with Crippen molar-refractivity contribution in [2.45, 2.75) is 0 Å². The van der Waals surface area contributed by atoms with Crippen molar-refractivity contribution in [3.63, 3.8) is 0 Å². The second-order valence-electron chi connectivity index (χ2n) is 9.90. The van der Waals surface area contributed by atoms with Crippen molar-refractivity contribution in [3.05, 3.63) is 72.8 Å². The Morgan fingerprint density at radius 2 is 0.561 bits per heavy atom. The molecule has 0 atom stereocenters. The van der Waals surface area contributed by atoms with Crippen LogP contribution in [0.2, 0.25) is 0 Å². The van der Waals surface area contributed by atoms with Crippen molar-refractivity contribution in [2.75, 3.05) is 35.5 Å². The van der Waals surface area contributed by atoms with Crippen molar-refractivity contribution in [1.82, 2.24) is 0 Å². The Labute approximate surface area is 236 Å². The van der Waals surface area contributed by atoms with E-state index < -0.39 is 0 Å². The second-order valence-corrected chi connectivity index (χ2v) is 9.90. The van der Waals surface area contributed by atoms with Gasteiger partial charge >= 0.3 is 0 Å². The largest absolute Gasteiger partial charge is 0.507 e. The van der Waals surface area contributed by atoms with E-state index in [1.807, 2.05) is 72.8 Å². The fourth-order valence-electron chi connectivity index (χ4n) is 6.64. The van der Waals surface area contributed by atoms with Crippen molar-refractivity contribution < 1.29 is 28.8 Å². The first kappa shape index (κ1) is 24.9. The number of fused-ring (bicyclic) bond motifs is 9. The van der Waals surface area contributed by atoms with E-state index in [-0.39, 0.29) is 5.75 Å². The maximum atomic E-state index is 12.1. The molecule has 7 aromatic carbocycles. The minimum Gasteiger partial charge on any atom is -0.507 e. The van der Waals surface area contributed by atoms with Gasteiger partial charge in [-0.1, -0.05) is 72.8 Å². The lowest BCUT2D eigenvalue weighted by Gasteiger charge is -2.24. The smallest absolute Gasteiger partial charge is 0.135 e. The summed E-state index contributed by atoms with van der Waals surface area (Å²) in [6.07, 6.45) is 0. The van der Waals surface area contributed by atoms with Crippen LogP contribution in [0.4, 0.5) is 0 Å². The summed E-state index contributed by atoms with van der Waals surface area (Å²) in [5, 5.41) is 21.3. The Morgan fingerprint density at radius 3 is 0.829 bits per heavy atom. The first-order valence-corrected chi connectivity index (χ1v) is 13.3.